The Hall–Kier alpha value is -3.79. The van der Waals surface area contributed by atoms with Gasteiger partial charge in [0.1, 0.15) is 16.9 Å². The Kier molecular flexibility index (Phi) is 4.22. The fraction of sp³-hybridized carbons (Fsp3) is 0.238. The van der Waals surface area contributed by atoms with Crippen molar-refractivity contribution >= 4 is 34.5 Å². The molecule has 10 nitrogen and oxygen atoms in total. The van der Waals surface area contributed by atoms with E-state index >= 15 is 0 Å². The molecule has 32 heavy (non-hydrogen) atoms. The molecule has 0 radical (unpaired) electrons. The summed E-state index contributed by atoms with van der Waals surface area (Å²) in [6, 6.07) is 8.25. The highest BCUT2D eigenvalue weighted by molar-refractivity contribution is 6.33. The molecule has 1 unspecified atom stereocenters. The van der Waals surface area contributed by atoms with Crippen LogP contribution in [0.15, 0.2) is 46.0 Å². The first-order chi connectivity index (χ1) is 15.6. The van der Waals surface area contributed by atoms with Crippen LogP contribution in [0.4, 0.5) is 10.6 Å². The van der Waals surface area contributed by atoms with Crippen LogP contribution in [0.1, 0.15) is 30.1 Å². The van der Waals surface area contributed by atoms with Crippen LogP contribution in [0, 0.1) is 0 Å². The highest BCUT2D eigenvalue weighted by Gasteiger charge is 2.43. The highest BCUT2D eigenvalue weighted by Crippen LogP contribution is 2.42. The lowest BCUT2D eigenvalue weighted by Crippen LogP contribution is -2.45. The number of H-pyrrole nitrogens is 1. The van der Waals surface area contributed by atoms with Crippen molar-refractivity contribution in [2.45, 2.75) is 31.3 Å². The van der Waals surface area contributed by atoms with E-state index in [0.29, 0.717) is 33.9 Å². The van der Waals surface area contributed by atoms with Gasteiger partial charge in [-0.25, -0.2) is 19.5 Å². The molecule has 160 valence electrons. The van der Waals surface area contributed by atoms with Gasteiger partial charge in [0.15, 0.2) is 0 Å². The van der Waals surface area contributed by atoms with E-state index in [9.17, 15) is 9.59 Å². The van der Waals surface area contributed by atoms with Crippen molar-refractivity contribution in [1.82, 2.24) is 30.4 Å². The Morgan fingerprint density at radius 2 is 2.06 bits per heavy atom. The molecule has 2 bridgehead atoms. The largest absolute Gasteiger partial charge is 0.323 e. The molecule has 2 aliphatic heterocycles. The van der Waals surface area contributed by atoms with Gasteiger partial charge in [-0.2, -0.15) is 5.10 Å². The number of amides is 2. The number of hydrogen-bond donors (Lipinski definition) is 2. The van der Waals surface area contributed by atoms with Crippen molar-refractivity contribution in [2.75, 3.05) is 5.32 Å². The lowest BCUT2D eigenvalue weighted by Gasteiger charge is -2.35. The molecular formula is C21H16ClN7O3. The van der Waals surface area contributed by atoms with Gasteiger partial charge in [-0.1, -0.05) is 17.7 Å². The van der Waals surface area contributed by atoms with Crippen LogP contribution in [-0.2, 0) is 6.42 Å². The van der Waals surface area contributed by atoms with Gasteiger partial charge in [-0.3, -0.25) is 10.1 Å². The van der Waals surface area contributed by atoms with E-state index in [0.717, 1.165) is 29.7 Å². The highest BCUT2D eigenvalue weighted by atomic mass is 35.5. The molecule has 6 rings (SSSR count). The zero-order valence-corrected chi connectivity index (χ0v) is 17.3. The molecule has 5 heterocycles. The predicted molar refractivity (Wildman–Crippen MR) is 115 cm³/mol. The number of carbonyl (C=O) groups excluding carboxylic acids is 1. The fourth-order valence-electron chi connectivity index (χ4n) is 4.65. The number of pyridine rings is 1. The Morgan fingerprint density at radius 1 is 1.19 bits per heavy atom. The van der Waals surface area contributed by atoms with Crippen LogP contribution in [-0.4, -0.2) is 42.5 Å². The van der Waals surface area contributed by atoms with E-state index < -0.39 is 0 Å². The van der Waals surface area contributed by atoms with Gasteiger partial charge in [0, 0.05) is 29.9 Å². The van der Waals surface area contributed by atoms with Crippen LogP contribution in [0.5, 0.6) is 0 Å². The lowest BCUT2D eigenvalue weighted by atomic mass is 9.99. The van der Waals surface area contributed by atoms with Gasteiger partial charge in [0.2, 0.25) is 0 Å². The van der Waals surface area contributed by atoms with Gasteiger partial charge >= 0.3 is 6.03 Å². The van der Waals surface area contributed by atoms with Crippen LogP contribution in [0.25, 0.3) is 22.2 Å². The standard InChI is InChI=1S/C21H16ClN7O3/c22-14-8-18(23-9-13(14)10-1-3-15-16(6-10)28-32-27-15)24-21(31)29-12-2-4-17(29)20-11(5-12)7-19(30)25-26-20/h1,3,6-9,12,17H,2,4-5H2,(H,25,30)(H,23,24,31)/t12?,17-/m1/s1. The number of fused-ring (bicyclic) bond motifs is 5. The molecule has 0 aliphatic carbocycles. The average molecular weight is 450 g/mol. The molecule has 2 N–H and O–H groups in total. The topological polar surface area (TPSA) is 130 Å². The zero-order valence-electron chi connectivity index (χ0n) is 16.6. The maximum absolute atomic E-state index is 13.1. The fourth-order valence-corrected chi connectivity index (χ4v) is 4.91. The van der Waals surface area contributed by atoms with Gasteiger partial charge in [-0.05, 0) is 52.8 Å². The van der Waals surface area contributed by atoms with Crippen molar-refractivity contribution in [3.05, 3.63) is 63.2 Å². The molecule has 1 aromatic carbocycles. The van der Waals surface area contributed by atoms with Gasteiger partial charge in [-0.15, -0.1) is 0 Å². The van der Waals surface area contributed by atoms with Crippen molar-refractivity contribution in [2.24, 2.45) is 0 Å². The Morgan fingerprint density at radius 3 is 2.94 bits per heavy atom. The van der Waals surface area contributed by atoms with E-state index in [2.05, 4.69) is 30.8 Å². The van der Waals surface area contributed by atoms with E-state index in [4.69, 9.17) is 16.2 Å². The summed E-state index contributed by atoms with van der Waals surface area (Å²) < 4.78 is 4.73. The molecule has 11 heteroatoms. The number of aromatic nitrogens is 5. The minimum Gasteiger partial charge on any atom is -0.312 e. The normalized spacial score (nSPS) is 19.2. The third-order valence-electron chi connectivity index (χ3n) is 6.08. The van der Waals surface area contributed by atoms with E-state index in [-0.39, 0.29) is 23.7 Å². The van der Waals surface area contributed by atoms with Crippen molar-refractivity contribution in [1.29, 1.82) is 0 Å². The summed E-state index contributed by atoms with van der Waals surface area (Å²) in [5, 5.41) is 17.6. The summed E-state index contributed by atoms with van der Waals surface area (Å²) in [5.41, 5.74) is 4.23. The minimum atomic E-state index is -0.262. The second kappa shape index (κ2) is 7.13. The second-order valence-corrected chi connectivity index (χ2v) is 8.36. The third-order valence-corrected chi connectivity index (χ3v) is 6.40. The quantitative estimate of drug-likeness (QED) is 0.480. The van der Waals surface area contributed by atoms with Crippen LogP contribution >= 0.6 is 11.6 Å². The van der Waals surface area contributed by atoms with Gasteiger partial charge in [0.25, 0.3) is 5.56 Å². The Balaban J connectivity index is 1.25. The summed E-state index contributed by atoms with van der Waals surface area (Å²) in [4.78, 5) is 30.9. The first kappa shape index (κ1) is 18.9. The number of urea groups is 1. The van der Waals surface area contributed by atoms with Crippen LogP contribution in [0.2, 0.25) is 5.02 Å². The summed E-state index contributed by atoms with van der Waals surface area (Å²) >= 11 is 6.50. The minimum absolute atomic E-state index is 0.0219. The summed E-state index contributed by atoms with van der Waals surface area (Å²) in [7, 11) is 0. The Labute approximate surface area is 185 Å². The van der Waals surface area contributed by atoms with E-state index in [1.54, 1.807) is 29.3 Å². The molecule has 0 saturated carbocycles. The average Bonchev–Trinajstić information content (AvgIpc) is 3.37. The van der Waals surface area contributed by atoms with E-state index in [1.165, 1.54) is 0 Å². The summed E-state index contributed by atoms with van der Waals surface area (Å²) in [5.74, 6) is 0.354. The molecule has 3 aromatic heterocycles. The molecular weight excluding hydrogens is 434 g/mol. The number of hydrogen-bond acceptors (Lipinski definition) is 7. The number of aromatic amines is 1. The molecule has 4 aromatic rings. The van der Waals surface area contributed by atoms with Crippen LogP contribution in [0.3, 0.4) is 0 Å². The lowest BCUT2D eigenvalue weighted by molar-refractivity contribution is 0.177. The predicted octanol–water partition coefficient (Wildman–Crippen LogP) is 3.32. The van der Waals surface area contributed by atoms with E-state index in [1.807, 2.05) is 12.1 Å². The molecule has 2 atom stereocenters. The second-order valence-electron chi connectivity index (χ2n) is 7.95. The monoisotopic (exact) mass is 449 g/mol. The SMILES string of the molecule is O=C(Nc1cc(Cl)c(-c2ccc3nonc3c2)cn1)N1C2CC[C@@H]1c1n[nH]c(=O)cc1C2. The van der Waals surface area contributed by atoms with Crippen molar-refractivity contribution in [3.63, 3.8) is 0 Å². The maximum atomic E-state index is 13.1. The number of benzene rings is 1. The molecule has 1 saturated heterocycles. The molecule has 2 amide bonds. The number of anilines is 1. The molecule has 0 spiro atoms. The summed E-state index contributed by atoms with van der Waals surface area (Å²) in [6.07, 6.45) is 3.88. The first-order valence-corrected chi connectivity index (χ1v) is 10.5. The molecule has 1 fully saturated rings. The number of halogens is 1. The summed E-state index contributed by atoms with van der Waals surface area (Å²) in [6.45, 7) is 0. The van der Waals surface area contributed by atoms with Crippen molar-refractivity contribution in [3.8, 4) is 11.1 Å². The first-order valence-electron chi connectivity index (χ1n) is 10.1. The third kappa shape index (κ3) is 3.02. The molecule has 2 aliphatic rings. The van der Waals surface area contributed by atoms with Gasteiger partial charge < -0.3 is 4.90 Å². The van der Waals surface area contributed by atoms with Gasteiger partial charge in [0.05, 0.1) is 16.8 Å². The van der Waals surface area contributed by atoms with Crippen LogP contribution < -0.4 is 10.9 Å². The number of rotatable bonds is 2. The van der Waals surface area contributed by atoms with Crippen molar-refractivity contribution < 1.29 is 9.42 Å². The number of nitrogens with zero attached hydrogens (tertiary/aromatic N) is 5. The maximum Gasteiger partial charge on any atom is 0.323 e. The zero-order chi connectivity index (χ0) is 21.8. The Bertz CT molecular complexity index is 1430. The number of nitrogens with one attached hydrogen (secondary N) is 2. The number of carbonyl (C=O) groups is 1. The smallest absolute Gasteiger partial charge is 0.312 e.